The fraction of sp³-hybridized carbons (Fsp3) is 0.300. The van der Waals surface area contributed by atoms with Gasteiger partial charge in [0.05, 0.1) is 31.5 Å². The molecule has 0 amide bonds. The van der Waals surface area contributed by atoms with Crippen molar-refractivity contribution in [2.75, 3.05) is 37.9 Å². The topological polar surface area (TPSA) is 84.0 Å². The normalized spacial score (nSPS) is 16.6. The standard InChI is InChI=1S/C30H32ClFN4O4S2/c1-35(2)27-14-20-8-6-5-7-19(20)13-26(27)34-25-17-24(32)29(16-23(25)31)42(37,38)36(30-33-11-12-41-30)18-21-9-10-22(39-3)15-28(21)40-4/h5-12,15-17,26-27,34H,13-14,18H2,1-4H3. The lowest BCUT2D eigenvalue weighted by Gasteiger charge is -2.38. The van der Waals surface area contributed by atoms with E-state index in [1.54, 1.807) is 23.6 Å². The molecule has 2 atom stereocenters. The maximum Gasteiger partial charge on any atom is 0.269 e. The number of benzene rings is 3. The number of hydrogen-bond donors (Lipinski definition) is 1. The lowest BCUT2D eigenvalue weighted by atomic mass is 9.84. The summed E-state index contributed by atoms with van der Waals surface area (Å²) < 4.78 is 55.6. The fourth-order valence-electron chi connectivity index (χ4n) is 5.27. The van der Waals surface area contributed by atoms with Crippen molar-refractivity contribution in [2.24, 2.45) is 0 Å². The average molecular weight is 631 g/mol. The Morgan fingerprint density at radius 2 is 1.81 bits per heavy atom. The van der Waals surface area contributed by atoms with Crippen LogP contribution in [0.2, 0.25) is 5.02 Å². The molecule has 1 aromatic heterocycles. The summed E-state index contributed by atoms with van der Waals surface area (Å²) in [5.41, 5.74) is 3.39. The zero-order valence-electron chi connectivity index (χ0n) is 23.7. The van der Waals surface area contributed by atoms with Crippen LogP contribution in [0.5, 0.6) is 11.5 Å². The number of nitrogens with zero attached hydrogens (tertiary/aromatic N) is 3. The van der Waals surface area contributed by atoms with Crippen molar-refractivity contribution in [1.29, 1.82) is 0 Å². The first-order valence-corrected chi connectivity index (χ1v) is 15.9. The maximum atomic E-state index is 15.8. The number of likely N-dealkylation sites (N-methyl/N-ethyl adjacent to an activating group) is 1. The van der Waals surface area contributed by atoms with Gasteiger partial charge < -0.3 is 19.7 Å². The summed E-state index contributed by atoms with van der Waals surface area (Å²) in [4.78, 5) is 5.80. The Bertz CT molecular complexity index is 1670. The van der Waals surface area contributed by atoms with Crippen molar-refractivity contribution >= 4 is 43.8 Å². The Kier molecular flexibility index (Phi) is 8.93. The predicted molar refractivity (Wildman–Crippen MR) is 165 cm³/mol. The summed E-state index contributed by atoms with van der Waals surface area (Å²) in [5.74, 6) is 0.0644. The van der Waals surface area contributed by atoms with E-state index in [2.05, 4.69) is 27.3 Å². The van der Waals surface area contributed by atoms with Gasteiger partial charge in [-0.1, -0.05) is 35.9 Å². The van der Waals surface area contributed by atoms with Gasteiger partial charge in [-0.25, -0.2) is 22.1 Å². The zero-order chi connectivity index (χ0) is 30.0. The summed E-state index contributed by atoms with van der Waals surface area (Å²) in [6, 6.07) is 15.7. The first-order valence-electron chi connectivity index (χ1n) is 13.2. The minimum absolute atomic E-state index is 0.0661. The number of anilines is 2. The van der Waals surface area contributed by atoms with Gasteiger partial charge >= 0.3 is 0 Å². The van der Waals surface area contributed by atoms with E-state index in [0.29, 0.717) is 22.7 Å². The molecule has 3 aromatic carbocycles. The minimum atomic E-state index is -4.43. The molecule has 0 spiro atoms. The van der Waals surface area contributed by atoms with Gasteiger partial charge in [0.1, 0.15) is 22.2 Å². The Morgan fingerprint density at radius 1 is 1.07 bits per heavy atom. The quantitative estimate of drug-likeness (QED) is 0.235. The number of sulfonamides is 1. The number of rotatable bonds is 10. The molecule has 0 aliphatic heterocycles. The third-order valence-corrected chi connectivity index (χ3v) is 10.5. The first-order chi connectivity index (χ1) is 20.1. The van der Waals surface area contributed by atoms with Gasteiger partial charge in [0.2, 0.25) is 0 Å². The van der Waals surface area contributed by atoms with E-state index in [1.165, 1.54) is 37.6 Å². The van der Waals surface area contributed by atoms with Crippen molar-refractivity contribution in [3.8, 4) is 11.5 Å². The van der Waals surface area contributed by atoms with Gasteiger partial charge in [0.15, 0.2) is 5.13 Å². The Hall–Kier alpha value is -3.38. The lowest BCUT2D eigenvalue weighted by molar-refractivity contribution is 0.250. The molecule has 1 aliphatic rings. The van der Waals surface area contributed by atoms with E-state index < -0.39 is 20.7 Å². The molecule has 0 radical (unpaired) electrons. The molecule has 222 valence electrons. The lowest BCUT2D eigenvalue weighted by Crippen LogP contribution is -2.48. The minimum Gasteiger partial charge on any atom is -0.497 e. The third-order valence-electron chi connectivity index (χ3n) is 7.49. The highest BCUT2D eigenvalue weighted by molar-refractivity contribution is 7.93. The van der Waals surface area contributed by atoms with Gasteiger partial charge in [-0.3, -0.25) is 0 Å². The molecule has 5 rings (SSSR count). The van der Waals surface area contributed by atoms with E-state index in [0.717, 1.165) is 34.6 Å². The van der Waals surface area contributed by atoms with Crippen LogP contribution >= 0.6 is 22.9 Å². The molecule has 0 saturated carbocycles. The summed E-state index contributed by atoms with van der Waals surface area (Å²) in [7, 11) is 2.60. The van der Waals surface area contributed by atoms with E-state index in [-0.39, 0.29) is 28.8 Å². The van der Waals surface area contributed by atoms with Gasteiger partial charge in [-0.15, -0.1) is 11.3 Å². The van der Waals surface area contributed by atoms with Crippen molar-refractivity contribution in [1.82, 2.24) is 9.88 Å². The maximum absolute atomic E-state index is 15.8. The second-order valence-corrected chi connectivity index (χ2v) is 13.3. The van der Waals surface area contributed by atoms with Crippen molar-refractivity contribution in [3.05, 3.63) is 93.7 Å². The van der Waals surface area contributed by atoms with Crippen LogP contribution in [0.25, 0.3) is 0 Å². The molecule has 4 aromatic rings. The molecule has 8 nitrogen and oxygen atoms in total. The molecule has 0 saturated heterocycles. The number of hydrogen-bond acceptors (Lipinski definition) is 8. The summed E-state index contributed by atoms with van der Waals surface area (Å²) in [5, 5.41) is 5.34. The van der Waals surface area contributed by atoms with Crippen LogP contribution < -0.4 is 19.1 Å². The largest absolute Gasteiger partial charge is 0.497 e. The van der Waals surface area contributed by atoms with Crippen LogP contribution in [0.3, 0.4) is 0 Å². The Morgan fingerprint density at radius 3 is 2.45 bits per heavy atom. The number of thiazole rings is 1. The summed E-state index contributed by atoms with van der Waals surface area (Å²) in [6.45, 7) is -0.147. The highest BCUT2D eigenvalue weighted by Crippen LogP contribution is 2.36. The van der Waals surface area contributed by atoms with Crippen LogP contribution in [0.15, 0.2) is 71.1 Å². The number of halogens is 2. The first kappa shape index (κ1) is 30.1. The van der Waals surface area contributed by atoms with Crippen molar-refractivity contribution in [3.63, 3.8) is 0 Å². The molecule has 0 fully saturated rings. The molecule has 42 heavy (non-hydrogen) atoms. The van der Waals surface area contributed by atoms with E-state index in [1.807, 2.05) is 26.2 Å². The molecule has 1 heterocycles. The molecule has 1 aliphatic carbocycles. The van der Waals surface area contributed by atoms with Crippen LogP contribution in [0.1, 0.15) is 16.7 Å². The van der Waals surface area contributed by atoms with Crippen LogP contribution in [0.4, 0.5) is 15.2 Å². The molecular formula is C30H32ClFN4O4S2. The molecule has 2 unspecified atom stereocenters. The smallest absolute Gasteiger partial charge is 0.269 e. The molecule has 0 bridgehead atoms. The van der Waals surface area contributed by atoms with E-state index in [9.17, 15) is 8.42 Å². The van der Waals surface area contributed by atoms with Gasteiger partial charge in [0, 0.05) is 35.3 Å². The van der Waals surface area contributed by atoms with E-state index >= 15 is 4.39 Å². The number of aromatic nitrogens is 1. The Labute approximate surface area is 254 Å². The van der Waals surface area contributed by atoms with Gasteiger partial charge in [-0.05, 0) is 62.3 Å². The monoisotopic (exact) mass is 630 g/mol. The van der Waals surface area contributed by atoms with Crippen molar-refractivity contribution in [2.45, 2.75) is 36.4 Å². The van der Waals surface area contributed by atoms with Gasteiger partial charge in [-0.2, -0.15) is 0 Å². The molecule has 1 N–H and O–H groups in total. The fourth-order valence-corrected chi connectivity index (χ4v) is 7.90. The predicted octanol–water partition coefficient (Wildman–Crippen LogP) is 5.86. The van der Waals surface area contributed by atoms with Crippen LogP contribution in [0, 0.1) is 5.82 Å². The average Bonchev–Trinajstić information content (AvgIpc) is 3.51. The summed E-state index contributed by atoms with van der Waals surface area (Å²) in [6.07, 6.45) is 3.04. The zero-order valence-corrected chi connectivity index (χ0v) is 26.1. The number of methoxy groups -OCH3 is 2. The highest BCUT2D eigenvalue weighted by Gasteiger charge is 2.34. The van der Waals surface area contributed by atoms with Crippen molar-refractivity contribution < 1.29 is 22.3 Å². The molecular weight excluding hydrogens is 599 g/mol. The SMILES string of the molecule is COc1ccc(CN(c2nccs2)S(=O)(=O)c2cc(Cl)c(NC3Cc4ccccc4CC3N(C)C)cc2F)c(OC)c1. The highest BCUT2D eigenvalue weighted by atomic mass is 35.5. The Balaban J connectivity index is 1.48. The van der Waals surface area contributed by atoms with Gasteiger partial charge in [0.25, 0.3) is 10.0 Å². The second kappa shape index (κ2) is 12.5. The molecule has 12 heteroatoms. The summed E-state index contributed by atoms with van der Waals surface area (Å²) >= 11 is 7.78. The number of fused-ring (bicyclic) bond motifs is 1. The third kappa shape index (κ3) is 6.05. The van der Waals surface area contributed by atoms with E-state index in [4.69, 9.17) is 21.1 Å². The van der Waals surface area contributed by atoms with Crippen LogP contribution in [-0.4, -0.2) is 58.7 Å². The second-order valence-electron chi connectivity index (χ2n) is 10.2. The van der Waals surface area contributed by atoms with Crippen LogP contribution in [-0.2, 0) is 29.4 Å². The number of nitrogens with one attached hydrogen (secondary N) is 1. The number of ether oxygens (including phenoxy) is 2.